The highest BCUT2D eigenvalue weighted by molar-refractivity contribution is 5.26. The van der Waals surface area contributed by atoms with Crippen LogP contribution in [0.5, 0.6) is 0 Å². The molecule has 0 radical (unpaired) electrons. The monoisotopic (exact) mass is 120 g/mol. The Balaban J connectivity index is 2.17. The molecule has 0 nitrogen and oxygen atoms in total. The molecular formula is C9H12. The van der Waals surface area contributed by atoms with Gasteiger partial charge in [0.15, 0.2) is 0 Å². The minimum absolute atomic E-state index is 0.830. The van der Waals surface area contributed by atoms with Gasteiger partial charge >= 0.3 is 0 Å². The molecule has 0 amide bonds. The summed E-state index contributed by atoms with van der Waals surface area (Å²) in [6.45, 7) is 8.03. The summed E-state index contributed by atoms with van der Waals surface area (Å²) in [5.41, 5.74) is 2.95. The lowest BCUT2D eigenvalue weighted by Gasteiger charge is -2.44. The summed E-state index contributed by atoms with van der Waals surface area (Å²) in [6.07, 6.45) is 3.86. The van der Waals surface area contributed by atoms with E-state index in [1.54, 1.807) is 0 Å². The third-order valence-corrected chi connectivity index (χ3v) is 2.69. The molecule has 0 aliphatic heterocycles. The first-order valence-corrected chi connectivity index (χ1v) is 3.62. The highest BCUT2D eigenvalue weighted by atomic mass is 14.4. The van der Waals surface area contributed by atoms with Crippen molar-refractivity contribution in [2.24, 2.45) is 11.8 Å². The van der Waals surface area contributed by atoms with Gasteiger partial charge in [0.1, 0.15) is 0 Å². The van der Waals surface area contributed by atoms with Crippen LogP contribution >= 0.6 is 0 Å². The van der Waals surface area contributed by atoms with Crippen molar-refractivity contribution in [3.63, 3.8) is 0 Å². The van der Waals surface area contributed by atoms with Crippen molar-refractivity contribution in [3.8, 4) is 0 Å². The number of hydrogen-bond donors (Lipinski definition) is 0. The summed E-state index contributed by atoms with van der Waals surface area (Å²) in [7, 11) is 0. The first-order chi connectivity index (χ1) is 4.27. The van der Waals surface area contributed by atoms with Crippen LogP contribution in [0.3, 0.4) is 0 Å². The molecule has 0 aromatic rings. The number of fused-ring (bicyclic) bond motifs is 2. The Hall–Kier alpha value is -0.520. The second kappa shape index (κ2) is 1.50. The Bertz CT molecular complexity index is 160. The van der Waals surface area contributed by atoms with Crippen LogP contribution in [0.25, 0.3) is 0 Å². The molecule has 0 heteroatoms. The summed E-state index contributed by atoms with van der Waals surface area (Å²) in [5.74, 6) is 1.66. The predicted molar refractivity (Wildman–Crippen MR) is 39.1 cm³/mol. The first kappa shape index (κ1) is 5.28. The van der Waals surface area contributed by atoms with E-state index in [1.807, 2.05) is 0 Å². The lowest BCUT2D eigenvalue weighted by atomic mass is 9.61. The molecule has 0 saturated heterocycles. The van der Waals surface area contributed by atoms with E-state index < -0.39 is 0 Å². The van der Waals surface area contributed by atoms with E-state index in [-0.39, 0.29) is 0 Å². The topological polar surface area (TPSA) is 0 Å². The summed E-state index contributed by atoms with van der Waals surface area (Å²) < 4.78 is 0. The molecule has 2 atom stereocenters. The molecule has 3 aliphatic rings. The van der Waals surface area contributed by atoms with Crippen LogP contribution < -0.4 is 0 Å². The van der Waals surface area contributed by atoms with Gasteiger partial charge in [0, 0.05) is 0 Å². The smallest absolute Gasteiger partial charge is 0.0160 e. The van der Waals surface area contributed by atoms with Gasteiger partial charge in [0.05, 0.1) is 0 Å². The lowest BCUT2D eigenvalue weighted by molar-refractivity contribution is 0.266. The Kier molecular flexibility index (Phi) is 0.879. The van der Waals surface area contributed by atoms with E-state index in [4.69, 9.17) is 0 Å². The zero-order chi connectivity index (χ0) is 6.43. The Morgan fingerprint density at radius 2 is 1.67 bits per heavy atom. The van der Waals surface area contributed by atoms with Crippen molar-refractivity contribution in [1.29, 1.82) is 0 Å². The van der Waals surface area contributed by atoms with Gasteiger partial charge in [-0.3, -0.25) is 0 Å². The molecular weight excluding hydrogens is 108 g/mol. The van der Waals surface area contributed by atoms with E-state index in [2.05, 4.69) is 13.2 Å². The van der Waals surface area contributed by atoms with Crippen LogP contribution in [0, 0.1) is 11.8 Å². The average molecular weight is 120 g/mol. The van der Waals surface area contributed by atoms with E-state index in [9.17, 15) is 0 Å². The van der Waals surface area contributed by atoms with Crippen LogP contribution in [-0.2, 0) is 0 Å². The van der Waals surface area contributed by atoms with Gasteiger partial charge in [0.25, 0.3) is 0 Å². The van der Waals surface area contributed by atoms with Crippen LogP contribution in [0.2, 0.25) is 0 Å². The van der Waals surface area contributed by atoms with E-state index in [0.717, 1.165) is 11.8 Å². The molecule has 0 spiro atoms. The summed E-state index contributed by atoms with van der Waals surface area (Å²) in [4.78, 5) is 0. The highest BCUT2D eigenvalue weighted by Gasteiger charge is 2.38. The normalized spacial score (nSPS) is 40.4. The summed E-state index contributed by atoms with van der Waals surface area (Å²) in [6, 6.07) is 0. The molecule has 3 rings (SSSR count). The van der Waals surface area contributed by atoms with E-state index >= 15 is 0 Å². The van der Waals surface area contributed by atoms with Crippen molar-refractivity contribution in [1.82, 2.24) is 0 Å². The zero-order valence-electron chi connectivity index (χ0n) is 5.69. The van der Waals surface area contributed by atoms with Gasteiger partial charge in [-0.05, 0) is 31.1 Å². The number of hydrogen-bond acceptors (Lipinski definition) is 0. The fourth-order valence-corrected chi connectivity index (χ4v) is 2.03. The highest BCUT2D eigenvalue weighted by Crippen LogP contribution is 2.50. The van der Waals surface area contributed by atoms with Crippen LogP contribution in [0.1, 0.15) is 19.3 Å². The molecule has 0 aromatic carbocycles. The predicted octanol–water partition coefficient (Wildman–Crippen LogP) is 2.53. The minimum atomic E-state index is 0.830. The van der Waals surface area contributed by atoms with Crippen molar-refractivity contribution >= 4 is 0 Å². The second-order valence-corrected chi connectivity index (χ2v) is 3.36. The molecule has 3 saturated carbocycles. The number of rotatable bonds is 0. The molecule has 3 fully saturated rings. The maximum Gasteiger partial charge on any atom is -0.0160 e. The van der Waals surface area contributed by atoms with Crippen LogP contribution in [0.15, 0.2) is 24.3 Å². The van der Waals surface area contributed by atoms with Crippen LogP contribution in [-0.4, -0.2) is 0 Å². The van der Waals surface area contributed by atoms with Gasteiger partial charge in [-0.2, -0.15) is 0 Å². The molecule has 3 aliphatic carbocycles. The first-order valence-electron chi connectivity index (χ1n) is 3.62. The third-order valence-electron chi connectivity index (χ3n) is 2.69. The SMILES string of the molecule is C=C1CC2CC(C1)C2=C. The molecule has 0 N–H and O–H groups in total. The Morgan fingerprint density at radius 1 is 1.11 bits per heavy atom. The quantitative estimate of drug-likeness (QED) is 0.431. The van der Waals surface area contributed by atoms with Gasteiger partial charge < -0.3 is 0 Å². The standard InChI is InChI=1S/C9H12/c1-6-3-8-5-9(4-6)7(8)2/h8-9H,1-5H2. The van der Waals surface area contributed by atoms with Gasteiger partial charge in [-0.25, -0.2) is 0 Å². The third kappa shape index (κ3) is 0.592. The largest absolute Gasteiger partial charge is 0.0998 e. The fourth-order valence-electron chi connectivity index (χ4n) is 2.03. The molecule has 2 bridgehead atoms. The maximum absolute atomic E-state index is 4.04. The zero-order valence-corrected chi connectivity index (χ0v) is 5.69. The fraction of sp³-hybridized carbons (Fsp3) is 0.556. The Morgan fingerprint density at radius 3 is 2.00 bits per heavy atom. The molecule has 9 heavy (non-hydrogen) atoms. The van der Waals surface area contributed by atoms with Gasteiger partial charge in [0.2, 0.25) is 0 Å². The molecule has 48 valence electrons. The van der Waals surface area contributed by atoms with Crippen molar-refractivity contribution in [2.75, 3.05) is 0 Å². The van der Waals surface area contributed by atoms with Gasteiger partial charge in [-0.1, -0.05) is 24.3 Å². The van der Waals surface area contributed by atoms with E-state index in [0.29, 0.717) is 0 Å². The summed E-state index contributed by atoms with van der Waals surface area (Å²) >= 11 is 0. The number of allylic oxidation sites excluding steroid dienone is 2. The van der Waals surface area contributed by atoms with Crippen molar-refractivity contribution in [2.45, 2.75) is 19.3 Å². The second-order valence-electron chi connectivity index (χ2n) is 3.36. The lowest BCUT2D eigenvalue weighted by Crippen LogP contribution is -2.32. The molecule has 2 unspecified atom stereocenters. The van der Waals surface area contributed by atoms with Crippen LogP contribution in [0.4, 0.5) is 0 Å². The Labute approximate surface area is 56.3 Å². The van der Waals surface area contributed by atoms with Gasteiger partial charge in [-0.15, -0.1) is 0 Å². The molecule has 0 aromatic heterocycles. The summed E-state index contributed by atoms with van der Waals surface area (Å²) in [5, 5.41) is 0. The average Bonchev–Trinajstić information content (AvgIpc) is 1.87. The van der Waals surface area contributed by atoms with E-state index in [1.165, 1.54) is 30.4 Å². The molecule has 0 heterocycles. The van der Waals surface area contributed by atoms with Crippen molar-refractivity contribution < 1.29 is 0 Å². The minimum Gasteiger partial charge on any atom is -0.0998 e. The maximum atomic E-state index is 4.04. The van der Waals surface area contributed by atoms with Crippen molar-refractivity contribution in [3.05, 3.63) is 24.3 Å².